The molecule has 0 spiro atoms. The molecule has 23 heavy (non-hydrogen) atoms. The van der Waals surface area contributed by atoms with Crippen molar-refractivity contribution >= 4 is 16.8 Å². The van der Waals surface area contributed by atoms with Gasteiger partial charge in [0.1, 0.15) is 0 Å². The smallest absolute Gasteiger partial charge is 0.180 e. The Kier molecular flexibility index (Phi) is 4.23. The van der Waals surface area contributed by atoms with E-state index >= 15 is 0 Å². The first-order valence-electron chi connectivity index (χ1n) is 8.79. The minimum atomic E-state index is 0.326. The summed E-state index contributed by atoms with van der Waals surface area (Å²) in [6, 6.07) is 8.74. The van der Waals surface area contributed by atoms with Crippen LogP contribution in [0.15, 0.2) is 28.8 Å². The minimum Gasteiger partial charge on any atom is -0.396 e. The lowest BCUT2D eigenvalue weighted by Crippen LogP contribution is -2.56. The quantitative estimate of drug-likeness (QED) is 0.939. The van der Waals surface area contributed by atoms with E-state index in [1.54, 1.807) is 0 Å². The second-order valence-corrected chi connectivity index (χ2v) is 6.91. The Balaban J connectivity index is 1.44. The second kappa shape index (κ2) is 6.49. The molecule has 0 radical (unpaired) electrons. The highest BCUT2D eigenvalue weighted by atomic mass is 16.5. The largest absolute Gasteiger partial charge is 0.396 e. The highest BCUT2D eigenvalue weighted by Gasteiger charge is 2.33. The van der Waals surface area contributed by atoms with Crippen molar-refractivity contribution in [1.29, 1.82) is 0 Å². The molecule has 1 N–H and O–H groups in total. The van der Waals surface area contributed by atoms with Crippen molar-refractivity contribution in [2.75, 3.05) is 37.7 Å². The highest BCUT2D eigenvalue weighted by Crippen LogP contribution is 2.32. The van der Waals surface area contributed by atoms with E-state index in [-0.39, 0.29) is 0 Å². The van der Waals surface area contributed by atoms with E-state index in [1.165, 1.54) is 19.4 Å². The molecule has 5 heteroatoms. The molecule has 0 bridgehead atoms. The van der Waals surface area contributed by atoms with Gasteiger partial charge in [0, 0.05) is 38.8 Å². The summed E-state index contributed by atoms with van der Waals surface area (Å²) >= 11 is 0. The van der Waals surface area contributed by atoms with Crippen LogP contribution in [0.25, 0.3) is 11.0 Å². The summed E-state index contributed by atoms with van der Waals surface area (Å²) in [5.74, 6) is 1.76. The first-order chi connectivity index (χ1) is 11.3. The van der Waals surface area contributed by atoms with Crippen LogP contribution in [0.3, 0.4) is 0 Å². The summed E-state index contributed by atoms with van der Waals surface area (Å²) in [4.78, 5) is 5.03. The average Bonchev–Trinajstić information content (AvgIpc) is 3.03. The van der Waals surface area contributed by atoms with Crippen molar-refractivity contribution < 1.29 is 9.63 Å². The Morgan fingerprint density at radius 3 is 3.00 bits per heavy atom. The minimum absolute atomic E-state index is 0.326. The van der Waals surface area contributed by atoms with Gasteiger partial charge >= 0.3 is 0 Å². The van der Waals surface area contributed by atoms with Crippen LogP contribution in [-0.2, 0) is 0 Å². The zero-order valence-corrected chi connectivity index (χ0v) is 13.5. The maximum Gasteiger partial charge on any atom is 0.180 e. The van der Waals surface area contributed by atoms with Gasteiger partial charge in [-0.3, -0.25) is 4.90 Å². The van der Waals surface area contributed by atoms with E-state index in [9.17, 15) is 0 Å². The number of hydrogen-bond donors (Lipinski definition) is 1. The third-order valence-corrected chi connectivity index (χ3v) is 5.43. The zero-order valence-electron chi connectivity index (χ0n) is 13.5. The van der Waals surface area contributed by atoms with Gasteiger partial charge in [-0.1, -0.05) is 17.3 Å². The number of hydrogen-bond acceptors (Lipinski definition) is 5. The number of benzene rings is 1. The summed E-state index contributed by atoms with van der Waals surface area (Å²) in [6.45, 7) is 4.68. The van der Waals surface area contributed by atoms with E-state index in [2.05, 4.69) is 21.0 Å². The molecule has 0 unspecified atom stereocenters. The topological polar surface area (TPSA) is 52.7 Å². The molecule has 2 atom stereocenters. The fraction of sp³-hybridized carbons (Fsp3) is 0.611. The zero-order chi connectivity index (χ0) is 15.6. The van der Waals surface area contributed by atoms with Gasteiger partial charge in [0.15, 0.2) is 11.4 Å². The van der Waals surface area contributed by atoms with Crippen molar-refractivity contribution in [1.82, 2.24) is 10.1 Å². The van der Waals surface area contributed by atoms with Crippen LogP contribution >= 0.6 is 0 Å². The van der Waals surface area contributed by atoms with Crippen LogP contribution < -0.4 is 4.90 Å². The number of aliphatic hydroxyl groups is 1. The van der Waals surface area contributed by atoms with Crippen LogP contribution in [-0.4, -0.2) is 54.0 Å². The van der Waals surface area contributed by atoms with Crippen molar-refractivity contribution in [2.45, 2.75) is 31.7 Å². The Bertz CT molecular complexity index is 657. The van der Waals surface area contributed by atoms with Crippen molar-refractivity contribution in [3.05, 3.63) is 24.3 Å². The lowest BCUT2D eigenvalue weighted by Gasteiger charge is -2.46. The Labute approximate surface area is 136 Å². The Hall–Kier alpha value is -1.59. The van der Waals surface area contributed by atoms with Crippen molar-refractivity contribution in [3.8, 4) is 0 Å². The lowest BCUT2D eigenvalue weighted by atomic mass is 9.88. The van der Waals surface area contributed by atoms with Crippen molar-refractivity contribution in [3.63, 3.8) is 0 Å². The average molecular weight is 315 g/mol. The predicted octanol–water partition coefficient (Wildman–Crippen LogP) is 2.50. The molecular formula is C18H25N3O2. The summed E-state index contributed by atoms with van der Waals surface area (Å²) in [5, 5.41) is 14.5. The molecule has 3 heterocycles. The van der Waals surface area contributed by atoms with Gasteiger partial charge in [0.05, 0.1) is 5.39 Å². The van der Waals surface area contributed by atoms with Gasteiger partial charge in [-0.25, -0.2) is 0 Å². The molecule has 2 aliphatic rings. The van der Waals surface area contributed by atoms with Gasteiger partial charge in [-0.05, 0) is 43.7 Å². The van der Waals surface area contributed by atoms with Crippen LogP contribution in [0.2, 0.25) is 0 Å². The molecule has 2 fully saturated rings. The molecule has 0 amide bonds. The molecule has 4 rings (SSSR count). The fourth-order valence-electron chi connectivity index (χ4n) is 4.17. The van der Waals surface area contributed by atoms with E-state index in [0.29, 0.717) is 12.6 Å². The van der Waals surface area contributed by atoms with Gasteiger partial charge in [0.25, 0.3) is 0 Å². The third kappa shape index (κ3) is 2.95. The van der Waals surface area contributed by atoms with Crippen molar-refractivity contribution in [2.24, 2.45) is 5.92 Å². The number of aromatic nitrogens is 1. The summed E-state index contributed by atoms with van der Waals surface area (Å²) in [5.41, 5.74) is 0.873. The predicted molar refractivity (Wildman–Crippen MR) is 90.6 cm³/mol. The van der Waals surface area contributed by atoms with Gasteiger partial charge in [0.2, 0.25) is 0 Å². The number of anilines is 1. The molecule has 0 aliphatic carbocycles. The van der Waals surface area contributed by atoms with Gasteiger partial charge < -0.3 is 14.5 Å². The SMILES string of the molecule is OCCC[C@H]1CC[C@H]2CN(c3noc4ccccc34)CCN2C1. The number of piperazine rings is 1. The standard InChI is InChI=1S/C18H25N3O2/c22-11-3-4-14-7-8-15-13-21(10-9-20(15)12-14)18-16-5-1-2-6-17(16)23-19-18/h1-2,5-6,14-15,22H,3-4,7-13H2/t14-,15-/m0/s1. The third-order valence-electron chi connectivity index (χ3n) is 5.43. The van der Waals surface area contributed by atoms with Crippen LogP contribution in [0, 0.1) is 5.92 Å². The summed E-state index contributed by atoms with van der Waals surface area (Å²) in [7, 11) is 0. The molecule has 124 valence electrons. The number of rotatable bonds is 4. The highest BCUT2D eigenvalue weighted by molar-refractivity contribution is 5.88. The molecule has 5 nitrogen and oxygen atoms in total. The van der Waals surface area contributed by atoms with E-state index < -0.39 is 0 Å². The molecule has 1 aromatic heterocycles. The summed E-state index contributed by atoms with van der Waals surface area (Å²) in [6.07, 6.45) is 4.65. The maximum atomic E-state index is 9.02. The Morgan fingerprint density at radius 1 is 1.17 bits per heavy atom. The van der Waals surface area contributed by atoms with Crippen LogP contribution in [0.1, 0.15) is 25.7 Å². The van der Waals surface area contributed by atoms with E-state index in [1.807, 2.05) is 18.2 Å². The molecule has 2 aromatic rings. The number of nitrogens with zero attached hydrogens (tertiary/aromatic N) is 3. The molecule has 0 saturated carbocycles. The summed E-state index contributed by atoms with van der Waals surface area (Å²) < 4.78 is 5.47. The molecule has 1 aromatic carbocycles. The second-order valence-electron chi connectivity index (χ2n) is 6.91. The number of piperidine rings is 1. The number of aliphatic hydroxyl groups excluding tert-OH is 1. The van der Waals surface area contributed by atoms with E-state index in [4.69, 9.17) is 9.63 Å². The van der Waals surface area contributed by atoms with E-state index in [0.717, 1.165) is 55.2 Å². The maximum absolute atomic E-state index is 9.02. The van der Waals surface area contributed by atoms with Crippen LogP contribution in [0.4, 0.5) is 5.82 Å². The number of para-hydroxylation sites is 1. The normalized spacial score (nSPS) is 25.7. The molecule has 2 saturated heterocycles. The first kappa shape index (κ1) is 15.0. The fourth-order valence-corrected chi connectivity index (χ4v) is 4.17. The molecule has 2 aliphatic heterocycles. The monoisotopic (exact) mass is 315 g/mol. The molecular weight excluding hydrogens is 290 g/mol. The lowest BCUT2D eigenvalue weighted by molar-refractivity contribution is 0.0886. The number of fused-ring (bicyclic) bond motifs is 2. The first-order valence-corrected chi connectivity index (χ1v) is 8.79. The van der Waals surface area contributed by atoms with Gasteiger partial charge in [-0.2, -0.15) is 0 Å². The van der Waals surface area contributed by atoms with Gasteiger partial charge in [-0.15, -0.1) is 0 Å². The van der Waals surface area contributed by atoms with Crippen LogP contribution in [0.5, 0.6) is 0 Å². The Morgan fingerprint density at radius 2 is 2.09 bits per heavy atom.